The zero-order valence-corrected chi connectivity index (χ0v) is 8.50. The highest BCUT2D eigenvalue weighted by atomic mass is 127. The van der Waals surface area contributed by atoms with Gasteiger partial charge in [0, 0.05) is 17.3 Å². The van der Waals surface area contributed by atoms with Crippen LogP contribution in [0.5, 0.6) is 0 Å². The topological polar surface area (TPSA) is 50.1 Å². The van der Waals surface area contributed by atoms with Crippen LogP contribution in [0.25, 0.3) is 0 Å². The molecule has 0 heterocycles. The highest BCUT2D eigenvalue weighted by Gasteiger charge is 2.04. The molecule has 3 nitrogen and oxygen atoms in total. The Kier molecular flexibility index (Phi) is 6.22. The molecular formula is C7H10INO2. The fourth-order valence-corrected chi connectivity index (χ4v) is 1.00. The number of esters is 1. The summed E-state index contributed by atoms with van der Waals surface area (Å²) in [5.41, 5.74) is 0. The van der Waals surface area contributed by atoms with Crippen molar-refractivity contribution in [1.29, 1.82) is 5.26 Å². The number of hydrogen-bond donors (Lipinski definition) is 0. The Morgan fingerprint density at radius 2 is 2.45 bits per heavy atom. The predicted molar refractivity (Wildman–Crippen MR) is 49.3 cm³/mol. The highest BCUT2D eigenvalue weighted by Crippen LogP contribution is 2.08. The maximum absolute atomic E-state index is 10.3. The molecular weight excluding hydrogens is 257 g/mol. The number of alkyl halides is 1. The molecule has 0 bridgehead atoms. The summed E-state index contributed by atoms with van der Waals surface area (Å²) in [4.78, 5) is 10.3. The first-order valence-corrected chi connectivity index (χ1v) is 4.55. The number of nitriles is 1. The zero-order chi connectivity index (χ0) is 8.69. The molecule has 0 fully saturated rings. The fraction of sp³-hybridized carbons (Fsp3) is 0.714. The van der Waals surface area contributed by atoms with Gasteiger partial charge in [-0.3, -0.25) is 4.79 Å². The van der Waals surface area contributed by atoms with Crippen LogP contribution in [-0.2, 0) is 9.53 Å². The molecule has 4 heteroatoms. The Hall–Kier alpha value is -0.310. The third-order valence-corrected chi connectivity index (χ3v) is 2.02. The van der Waals surface area contributed by atoms with Crippen LogP contribution >= 0.6 is 22.6 Å². The Morgan fingerprint density at radius 1 is 1.82 bits per heavy atom. The lowest BCUT2D eigenvalue weighted by atomic mass is 10.3. The van der Waals surface area contributed by atoms with Crippen molar-refractivity contribution in [3.05, 3.63) is 0 Å². The van der Waals surface area contributed by atoms with Gasteiger partial charge in [-0.1, -0.05) is 22.6 Å². The summed E-state index contributed by atoms with van der Waals surface area (Å²) in [6, 6.07) is 2.04. The van der Waals surface area contributed by atoms with E-state index in [-0.39, 0.29) is 9.89 Å². The lowest BCUT2D eigenvalue weighted by molar-refractivity contribution is -0.140. The molecule has 0 aromatic rings. The molecule has 0 aromatic carbocycles. The second-order valence-corrected chi connectivity index (χ2v) is 3.86. The van der Waals surface area contributed by atoms with E-state index in [4.69, 9.17) is 10.00 Å². The van der Waals surface area contributed by atoms with Gasteiger partial charge in [0.05, 0.1) is 6.07 Å². The van der Waals surface area contributed by atoms with Crippen LogP contribution in [-0.4, -0.2) is 16.5 Å². The Labute approximate surface area is 79.9 Å². The molecule has 0 aliphatic carbocycles. The van der Waals surface area contributed by atoms with Crippen molar-refractivity contribution in [3.8, 4) is 6.07 Å². The van der Waals surface area contributed by atoms with E-state index in [0.29, 0.717) is 13.0 Å². The van der Waals surface area contributed by atoms with Crippen molar-refractivity contribution in [2.75, 3.05) is 6.61 Å². The molecule has 1 atom stereocenters. The molecule has 0 aliphatic heterocycles. The summed E-state index contributed by atoms with van der Waals surface area (Å²) in [5.74, 6) is -0.261. The number of carbonyl (C=O) groups is 1. The molecule has 11 heavy (non-hydrogen) atoms. The average molecular weight is 267 g/mol. The second-order valence-electron chi connectivity index (χ2n) is 2.10. The molecule has 62 valence electrons. The number of nitrogens with zero attached hydrogens (tertiary/aromatic N) is 1. The fourth-order valence-electron chi connectivity index (χ4n) is 0.512. The van der Waals surface area contributed by atoms with E-state index >= 15 is 0 Å². The van der Waals surface area contributed by atoms with Gasteiger partial charge in [0.2, 0.25) is 0 Å². The average Bonchev–Trinajstić information content (AvgIpc) is 1.97. The lowest BCUT2D eigenvalue weighted by Gasteiger charge is -2.06. The quantitative estimate of drug-likeness (QED) is 0.442. The van der Waals surface area contributed by atoms with Crippen molar-refractivity contribution in [2.45, 2.75) is 23.7 Å². The number of carbonyl (C=O) groups excluding carboxylic acids is 1. The summed E-state index contributed by atoms with van der Waals surface area (Å²) in [6.45, 7) is 1.80. The van der Waals surface area contributed by atoms with Gasteiger partial charge in [-0.25, -0.2) is 0 Å². The standard InChI is InChI=1S/C7H10INO2/c1-6(10)11-5-7(8)3-2-4-9/h7H,2-3,5H2,1H3. The van der Waals surface area contributed by atoms with E-state index in [2.05, 4.69) is 22.6 Å². The minimum Gasteiger partial charge on any atom is -0.465 e. The van der Waals surface area contributed by atoms with E-state index in [1.165, 1.54) is 6.92 Å². The number of hydrogen-bond acceptors (Lipinski definition) is 3. The molecule has 0 radical (unpaired) electrons. The van der Waals surface area contributed by atoms with Crippen LogP contribution in [0, 0.1) is 11.3 Å². The minimum atomic E-state index is -0.261. The van der Waals surface area contributed by atoms with Gasteiger partial charge >= 0.3 is 5.97 Å². The molecule has 0 N–H and O–H groups in total. The van der Waals surface area contributed by atoms with Crippen LogP contribution in [0.15, 0.2) is 0 Å². The van der Waals surface area contributed by atoms with E-state index in [0.717, 1.165) is 6.42 Å². The molecule has 0 aliphatic rings. The smallest absolute Gasteiger partial charge is 0.302 e. The van der Waals surface area contributed by atoms with Gasteiger partial charge in [-0.05, 0) is 6.42 Å². The Morgan fingerprint density at radius 3 is 2.91 bits per heavy atom. The maximum atomic E-state index is 10.3. The summed E-state index contributed by atoms with van der Waals surface area (Å²) in [6.07, 6.45) is 1.30. The van der Waals surface area contributed by atoms with Crippen LogP contribution in [0.4, 0.5) is 0 Å². The van der Waals surface area contributed by atoms with Crippen molar-refractivity contribution in [1.82, 2.24) is 0 Å². The van der Waals surface area contributed by atoms with Crippen molar-refractivity contribution < 1.29 is 9.53 Å². The maximum Gasteiger partial charge on any atom is 0.302 e. The first-order chi connectivity index (χ1) is 5.16. The third kappa shape index (κ3) is 7.59. The molecule has 0 amide bonds. The van der Waals surface area contributed by atoms with Gasteiger partial charge in [0.1, 0.15) is 6.61 Å². The van der Waals surface area contributed by atoms with Gasteiger partial charge in [-0.2, -0.15) is 5.26 Å². The van der Waals surface area contributed by atoms with Crippen LogP contribution in [0.1, 0.15) is 19.8 Å². The number of ether oxygens (including phenoxy) is 1. The van der Waals surface area contributed by atoms with Crippen LogP contribution in [0.2, 0.25) is 0 Å². The first-order valence-electron chi connectivity index (χ1n) is 3.31. The molecule has 0 spiro atoms. The Bertz CT molecular complexity index is 164. The van der Waals surface area contributed by atoms with Crippen molar-refractivity contribution >= 4 is 28.6 Å². The van der Waals surface area contributed by atoms with E-state index in [9.17, 15) is 4.79 Å². The van der Waals surface area contributed by atoms with E-state index in [1.54, 1.807) is 0 Å². The summed E-state index contributed by atoms with van der Waals surface area (Å²) >= 11 is 2.17. The molecule has 0 saturated heterocycles. The van der Waals surface area contributed by atoms with Crippen molar-refractivity contribution in [2.24, 2.45) is 0 Å². The molecule has 0 aromatic heterocycles. The Balaban J connectivity index is 3.31. The largest absolute Gasteiger partial charge is 0.465 e. The molecule has 0 saturated carbocycles. The summed E-state index contributed by atoms with van der Waals surface area (Å²) in [7, 11) is 0. The lowest BCUT2D eigenvalue weighted by Crippen LogP contribution is -2.10. The molecule has 0 rings (SSSR count). The first kappa shape index (κ1) is 10.7. The van der Waals surface area contributed by atoms with E-state index < -0.39 is 0 Å². The normalized spacial score (nSPS) is 11.7. The van der Waals surface area contributed by atoms with E-state index in [1.807, 2.05) is 6.07 Å². The van der Waals surface area contributed by atoms with Crippen LogP contribution in [0.3, 0.4) is 0 Å². The zero-order valence-electron chi connectivity index (χ0n) is 6.34. The SMILES string of the molecule is CC(=O)OCC(I)CCC#N. The summed E-state index contributed by atoms with van der Waals surface area (Å²) in [5, 5.41) is 8.23. The van der Waals surface area contributed by atoms with Gasteiger partial charge < -0.3 is 4.74 Å². The monoisotopic (exact) mass is 267 g/mol. The van der Waals surface area contributed by atoms with Crippen molar-refractivity contribution in [3.63, 3.8) is 0 Å². The number of rotatable bonds is 4. The third-order valence-electron chi connectivity index (χ3n) is 1.04. The highest BCUT2D eigenvalue weighted by molar-refractivity contribution is 14.1. The second kappa shape index (κ2) is 6.40. The molecule has 1 unspecified atom stereocenters. The van der Waals surface area contributed by atoms with Crippen LogP contribution < -0.4 is 0 Å². The number of halogens is 1. The summed E-state index contributed by atoms with van der Waals surface area (Å²) < 4.78 is 5.01. The van der Waals surface area contributed by atoms with Gasteiger partial charge in [0.25, 0.3) is 0 Å². The minimum absolute atomic E-state index is 0.260. The van der Waals surface area contributed by atoms with Gasteiger partial charge in [0.15, 0.2) is 0 Å². The predicted octanol–water partition coefficient (Wildman–Crippen LogP) is 1.66. The van der Waals surface area contributed by atoms with Gasteiger partial charge in [-0.15, -0.1) is 0 Å².